The maximum atomic E-state index is 9.98. The molecule has 0 saturated carbocycles. The van der Waals surface area contributed by atoms with Crippen LogP contribution < -0.4 is 0 Å². The molecule has 0 N–H and O–H groups in total. The Morgan fingerprint density at radius 3 is 1.85 bits per heavy atom. The minimum absolute atomic E-state index is 0.148. The molecule has 0 aromatic heterocycles. The fourth-order valence-electron chi connectivity index (χ4n) is 1.37. The molecule has 0 atom stereocenters. The van der Waals surface area contributed by atoms with E-state index in [1.165, 1.54) is 32.1 Å². The van der Waals surface area contributed by atoms with Crippen LogP contribution in [0.15, 0.2) is 0 Å². The van der Waals surface area contributed by atoms with Gasteiger partial charge in [-0.15, -0.1) is 0 Å². The average molecular weight is 191 g/mol. The normalized spacial score (nSPS) is 10.2. The average Bonchev–Trinajstić information content (AvgIpc) is 2.09. The second kappa shape index (κ2) is 9.49. The summed E-state index contributed by atoms with van der Waals surface area (Å²) in [5.74, 6) is 0. The molecule has 0 radical (unpaired) electrons. The Morgan fingerprint density at radius 1 is 0.923 bits per heavy atom. The predicted octanol–water partition coefficient (Wildman–Crippen LogP) is 3.40. The van der Waals surface area contributed by atoms with Crippen LogP contribution in [0.5, 0.6) is 0 Å². The van der Waals surface area contributed by atoms with E-state index < -0.39 is 0 Å². The lowest BCUT2D eigenvalue weighted by Gasteiger charge is -1.98. The van der Waals surface area contributed by atoms with Gasteiger partial charge in [0.1, 0.15) is 0 Å². The van der Waals surface area contributed by atoms with Crippen molar-refractivity contribution in [3.05, 3.63) is 10.1 Å². The van der Waals surface area contributed by atoms with E-state index in [4.69, 9.17) is 0 Å². The van der Waals surface area contributed by atoms with Gasteiger partial charge in [0.25, 0.3) is 0 Å². The van der Waals surface area contributed by atoms with Gasteiger partial charge in [-0.25, -0.2) is 0 Å². The minimum Gasteiger partial charge on any atom is -0.265 e. The number of nitrogens with zero attached hydrogens (tertiary/aromatic N) is 1. The van der Waals surface area contributed by atoms with E-state index >= 15 is 0 Å². The van der Waals surface area contributed by atoms with Crippen LogP contribution in [0, 0.1) is 10.1 Å². The van der Waals surface area contributed by atoms with Crippen molar-refractivity contribution in [1.82, 2.24) is 0 Å². The first-order valence-electron chi connectivity index (χ1n) is 5.39. The van der Waals surface area contributed by atoms with Gasteiger partial charge in [0, 0.05) is 11.3 Å². The first kappa shape index (κ1) is 12.4. The van der Waals surface area contributed by atoms with Gasteiger partial charge >= 0.3 is 0 Å². The summed E-state index contributed by atoms with van der Waals surface area (Å²) in [7, 11) is 0. The molecule has 0 heterocycles. The molecule has 0 spiro atoms. The van der Waals surface area contributed by atoms with Gasteiger partial charge in [-0.1, -0.05) is 45.4 Å². The molecular weight excluding hydrogens is 170 g/mol. The van der Waals surface area contributed by atoms with Crippen LogP contribution in [-0.2, 0) is 0 Å². The molecular formula is C10H21NO2. The SMILES string of the molecule is CCCCCCCCCC[N+](=[18O])[18O-]. The number of hydrogen-bond acceptors (Lipinski definition) is 2. The van der Waals surface area contributed by atoms with Crippen molar-refractivity contribution >= 4 is 0 Å². The van der Waals surface area contributed by atoms with E-state index in [1.807, 2.05) is 0 Å². The van der Waals surface area contributed by atoms with Crippen molar-refractivity contribution in [1.29, 1.82) is 0 Å². The van der Waals surface area contributed by atoms with Gasteiger partial charge in [0.05, 0.1) is 0 Å². The molecule has 3 heteroatoms. The molecule has 0 saturated heterocycles. The number of hydrogen-bond donors (Lipinski definition) is 0. The Labute approximate surface area is 80.7 Å². The third kappa shape index (κ3) is 11.4. The first-order chi connectivity index (χ1) is 6.27. The Balaban J connectivity index is 2.87. The fraction of sp³-hybridized carbons (Fsp3) is 1.00. The van der Waals surface area contributed by atoms with Gasteiger partial charge in [-0.3, -0.25) is 10.1 Å². The van der Waals surface area contributed by atoms with Crippen LogP contribution in [0.1, 0.15) is 58.3 Å². The molecule has 0 bridgehead atoms. The van der Waals surface area contributed by atoms with Crippen molar-refractivity contribution in [3.63, 3.8) is 0 Å². The van der Waals surface area contributed by atoms with Gasteiger partial charge in [-0.05, 0) is 6.42 Å². The molecule has 3 nitrogen and oxygen atoms in total. The molecule has 13 heavy (non-hydrogen) atoms. The summed E-state index contributed by atoms with van der Waals surface area (Å²) >= 11 is 0. The minimum atomic E-state index is -0.225. The predicted molar refractivity (Wildman–Crippen MR) is 54.5 cm³/mol. The Kier molecular flexibility index (Phi) is 9.05. The summed E-state index contributed by atoms with van der Waals surface area (Å²) in [6.45, 7) is 2.35. The number of rotatable bonds is 9. The largest absolute Gasteiger partial charge is 0.265 e. The Bertz CT molecular complexity index is 126. The summed E-state index contributed by atoms with van der Waals surface area (Å²) in [6, 6.07) is 0. The van der Waals surface area contributed by atoms with Crippen molar-refractivity contribution in [3.8, 4) is 0 Å². The van der Waals surface area contributed by atoms with Crippen molar-refractivity contribution in [2.75, 3.05) is 6.54 Å². The van der Waals surface area contributed by atoms with E-state index in [9.17, 15) is 10.1 Å². The molecule has 0 unspecified atom stereocenters. The van der Waals surface area contributed by atoms with E-state index in [2.05, 4.69) is 6.92 Å². The van der Waals surface area contributed by atoms with Gasteiger partial charge in [0.15, 0.2) is 0 Å². The summed E-state index contributed by atoms with van der Waals surface area (Å²) in [6.07, 6.45) is 9.41. The summed E-state index contributed by atoms with van der Waals surface area (Å²) in [5.41, 5.74) is 0. The van der Waals surface area contributed by atoms with Crippen LogP contribution in [0.25, 0.3) is 0 Å². The van der Waals surface area contributed by atoms with E-state index in [1.54, 1.807) is 0 Å². The molecule has 78 valence electrons. The second-order valence-corrected chi connectivity index (χ2v) is 3.53. The molecule has 0 aliphatic rings. The fourth-order valence-corrected chi connectivity index (χ4v) is 1.37. The second-order valence-electron chi connectivity index (χ2n) is 3.53. The molecule has 0 amide bonds. The van der Waals surface area contributed by atoms with Crippen LogP contribution in [0.3, 0.4) is 0 Å². The first-order valence-corrected chi connectivity index (χ1v) is 5.39. The maximum absolute atomic E-state index is 9.98. The van der Waals surface area contributed by atoms with Crippen molar-refractivity contribution in [2.45, 2.75) is 58.3 Å². The van der Waals surface area contributed by atoms with E-state index in [0.29, 0.717) is 0 Å². The lowest BCUT2D eigenvalue weighted by atomic mass is 10.1. The zero-order chi connectivity index (χ0) is 9.94. The topological polar surface area (TPSA) is 43.1 Å². The zero-order valence-electron chi connectivity index (χ0n) is 8.63. The summed E-state index contributed by atoms with van der Waals surface area (Å²) < 4.78 is 0. The van der Waals surface area contributed by atoms with Crippen molar-refractivity contribution in [2.24, 2.45) is 0 Å². The molecule has 0 aromatic carbocycles. The lowest BCUT2D eigenvalue weighted by Crippen LogP contribution is -1.99. The zero-order valence-corrected chi connectivity index (χ0v) is 8.63. The van der Waals surface area contributed by atoms with Crippen LogP contribution in [0.2, 0.25) is 0 Å². The monoisotopic (exact) mass is 191 g/mol. The highest BCUT2D eigenvalue weighted by molar-refractivity contribution is 4.45. The molecule has 0 aromatic rings. The van der Waals surface area contributed by atoms with E-state index in [-0.39, 0.29) is 11.5 Å². The van der Waals surface area contributed by atoms with Gasteiger partial charge in [-0.2, -0.15) is 0 Å². The standard InChI is InChI=1S/C10H21NO2/c1-2-3-4-5-6-7-8-9-10-11(12)13/h2-10H2,1H3/i12+2,13+2. The molecule has 0 aliphatic carbocycles. The smallest absolute Gasteiger partial charge is 0.203 e. The van der Waals surface area contributed by atoms with E-state index in [0.717, 1.165) is 19.3 Å². The molecule has 0 rings (SSSR count). The Hall–Kier alpha value is -0.600. The van der Waals surface area contributed by atoms with Gasteiger partial charge in [0.2, 0.25) is 6.54 Å². The van der Waals surface area contributed by atoms with Gasteiger partial charge < -0.3 is 0 Å². The third-order valence-corrected chi connectivity index (χ3v) is 2.19. The third-order valence-electron chi connectivity index (χ3n) is 2.19. The summed E-state index contributed by atoms with van der Waals surface area (Å²) in [5, 5.41) is 9.98. The highest BCUT2D eigenvalue weighted by atomic mass is 18.4. The van der Waals surface area contributed by atoms with Crippen molar-refractivity contribution < 1.29 is 4.92 Å². The quantitative estimate of drug-likeness (QED) is 0.242. The highest BCUT2D eigenvalue weighted by Crippen LogP contribution is 2.07. The van der Waals surface area contributed by atoms with Crippen LogP contribution in [-0.4, -0.2) is 11.5 Å². The van der Waals surface area contributed by atoms with Crippen LogP contribution >= 0.6 is 0 Å². The lowest BCUT2D eigenvalue weighted by molar-refractivity contribution is -0.480. The highest BCUT2D eigenvalue weighted by Gasteiger charge is 1.96. The summed E-state index contributed by atoms with van der Waals surface area (Å²) in [4.78, 5) is 9.75. The Morgan fingerprint density at radius 2 is 1.38 bits per heavy atom. The van der Waals surface area contributed by atoms with Crippen LogP contribution in [0.4, 0.5) is 0 Å². The molecule has 0 aliphatic heterocycles. The number of nitro groups is 1. The number of unbranched alkanes of at least 4 members (excludes halogenated alkanes) is 7. The maximum Gasteiger partial charge on any atom is 0.203 e. The molecule has 0 fully saturated rings.